The first kappa shape index (κ1) is 17.7. The van der Waals surface area contributed by atoms with Crippen molar-refractivity contribution in [3.05, 3.63) is 35.6 Å². The minimum Gasteiger partial charge on any atom is -0.357 e. The van der Waals surface area contributed by atoms with Crippen LogP contribution in [0.25, 0.3) is 0 Å². The molecule has 2 N–H and O–H groups in total. The van der Waals surface area contributed by atoms with Gasteiger partial charge in [-0.2, -0.15) is 0 Å². The summed E-state index contributed by atoms with van der Waals surface area (Å²) in [5.41, 5.74) is 1.13. The third-order valence-corrected chi connectivity index (χ3v) is 4.33. The van der Waals surface area contributed by atoms with Crippen LogP contribution in [-0.2, 0) is 6.42 Å². The van der Waals surface area contributed by atoms with Crippen molar-refractivity contribution in [1.29, 1.82) is 0 Å². The second-order valence-corrected chi connectivity index (χ2v) is 5.95. The number of hydrogen-bond acceptors (Lipinski definition) is 2. The van der Waals surface area contributed by atoms with E-state index >= 15 is 0 Å². The summed E-state index contributed by atoms with van der Waals surface area (Å²) in [4.78, 5) is 7.24. The minimum atomic E-state index is -0.186. The van der Waals surface area contributed by atoms with Gasteiger partial charge in [-0.15, -0.1) is 0 Å². The summed E-state index contributed by atoms with van der Waals surface area (Å²) in [6.07, 6.45) is 3.38. The number of hydrogen-bond donors (Lipinski definition) is 2. The summed E-state index contributed by atoms with van der Waals surface area (Å²) in [7, 11) is 0. The fourth-order valence-electron chi connectivity index (χ4n) is 3.03. The molecule has 5 heteroatoms. The Kier molecular flexibility index (Phi) is 7.33. The van der Waals surface area contributed by atoms with Crippen LogP contribution in [0.15, 0.2) is 29.3 Å². The normalized spacial score (nSPS) is 19.1. The molecule has 4 nitrogen and oxygen atoms in total. The van der Waals surface area contributed by atoms with Crippen LogP contribution in [0.4, 0.5) is 4.39 Å². The summed E-state index contributed by atoms with van der Waals surface area (Å²) in [5.74, 6) is 0.686. The van der Waals surface area contributed by atoms with Crippen molar-refractivity contribution in [3.8, 4) is 0 Å². The van der Waals surface area contributed by atoms with Gasteiger partial charge in [-0.25, -0.2) is 4.39 Å². The molecule has 1 unspecified atom stereocenters. The van der Waals surface area contributed by atoms with Gasteiger partial charge in [0, 0.05) is 19.1 Å². The number of halogens is 1. The standard InChI is InChI=1S/C18H29FN4/c1-3-20-18(22-14-17-6-5-13-23(17)4-2)21-12-11-15-7-9-16(19)10-8-15/h7-10,17H,3-6,11-14H2,1-2H3,(H2,20,21,22). The number of guanidine groups is 1. The van der Waals surface area contributed by atoms with E-state index in [-0.39, 0.29) is 5.82 Å². The lowest BCUT2D eigenvalue weighted by atomic mass is 10.1. The molecule has 1 aliphatic rings. The van der Waals surface area contributed by atoms with E-state index in [1.165, 1.54) is 31.5 Å². The quantitative estimate of drug-likeness (QED) is 0.599. The van der Waals surface area contributed by atoms with E-state index in [1.54, 1.807) is 0 Å². The Balaban J connectivity index is 1.80. The monoisotopic (exact) mass is 320 g/mol. The van der Waals surface area contributed by atoms with Gasteiger partial charge in [0.2, 0.25) is 0 Å². The average Bonchev–Trinajstić information content (AvgIpc) is 3.02. The highest BCUT2D eigenvalue weighted by Crippen LogP contribution is 2.16. The number of likely N-dealkylation sites (tertiary alicyclic amines) is 1. The maximum atomic E-state index is 12.9. The molecule has 1 fully saturated rings. The maximum absolute atomic E-state index is 12.9. The molecule has 0 aliphatic carbocycles. The van der Waals surface area contributed by atoms with Gasteiger partial charge in [0.05, 0.1) is 6.54 Å². The molecular formula is C18H29FN4. The lowest BCUT2D eigenvalue weighted by Gasteiger charge is -2.21. The number of aliphatic imine (C=N–C) groups is 1. The van der Waals surface area contributed by atoms with Crippen LogP contribution < -0.4 is 10.6 Å². The van der Waals surface area contributed by atoms with Crippen molar-refractivity contribution in [2.45, 2.75) is 39.2 Å². The van der Waals surface area contributed by atoms with E-state index in [4.69, 9.17) is 4.99 Å². The van der Waals surface area contributed by atoms with Gasteiger partial charge in [-0.05, 0) is 57.0 Å². The van der Waals surface area contributed by atoms with E-state index in [0.717, 1.165) is 44.1 Å². The van der Waals surface area contributed by atoms with Crippen LogP contribution in [0.5, 0.6) is 0 Å². The van der Waals surface area contributed by atoms with Crippen LogP contribution in [0.2, 0.25) is 0 Å². The van der Waals surface area contributed by atoms with Crippen LogP contribution in [-0.4, -0.2) is 49.6 Å². The number of likely N-dealkylation sites (N-methyl/N-ethyl adjacent to an activating group) is 1. The molecule has 0 bridgehead atoms. The molecule has 0 saturated carbocycles. The fourth-order valence-corrected chi connectivity index (χ4v) is 3.03. The molecule has 2 rings (SSSR count). The average molecular weight is 320 g/mol. The van der Waals surface area contributed by atoms with Crippen molar-refractivity contribution < 1.29 is 4.39 Å². The molecule has 23 heavy (non-hydrogen) atoms. The molecule has 1 saturated heterocycles. The van der Waals surface area contributed by atoms with Gasteiger partial charge in [0.1, 0.15) is 5.82 Å². The summed E-state index contributed by atoms with van der Waals surface area (Å²) in [5, 5.41) is 6.66. The van der Waals surface area contributed by atoms with Gasteiger partial charge in [0.15, 0.2) is 5.96 Å². The smallest absolute Gasteiger partial charge is 0.191 e. The number of benzene rings is 1. The Labute approximate surface area is 139 Å². The summed E-state index contributed by atoms with van der Waals surface area (Å²) in [6, 6.07) is 7.26. The van der Waals surface area contributed by atoms with E-state index in [0.29, 0.717) is 6.04 Å². The van der Waals surface area contributed by atoms with Crippen molar-refractivity contribution >= 4 is 5.96 Å². The Morgan fingerprint density at radius 2 is 2.04 bits per heavy atom. The van der Waals surface area contributed by atoms with Crippen molar-refractivity contribution in [2.24, 2.45) is 4.99 Å². The molecule has 0 spiro atoms. The van der Waals surface area contributed by atoms with Gasteiger partial charge < -0.3 is 10.6 Å². The fraction of sp³-hybridized carbons (Fsp3) is 0.611. The molecular weight excluding hydrogens is 291 g/mol. The third-order valence-electron chi connectivity index (χ3n) is 4.33. The maximum Gasteiger partial charge on any atom is 0.191 e. The van der Waals surface area contributed by atoms with Crippen molar-refractivity contribution in [3.63, 3.8) is 0 Å². The number of nitrogens with one attached hydrogen (secondary N) is 2. The molecule has 0 radical (unpaired) electrons. The zero-order chi connectivity index (χ0) is 16.5. The number of nitrogens with zero attached hydrogens (tertiary/aromatic N) is 2. The highest BCUT2D eigenvalue weighted by Gasteiger charge is 2.22. The van der Waals surface area contributed by atoms with Crippen molar-refractivity contribution in [1.82, 2.24) is 15.5 Å². The predicted molar refractivity (Wildman–Crippen MR) is 94.4 cm³/mol. The van der Waals surface area contributed by atoms with Gasteiger partial charge >= 0.3 is 0 Å². The first-order valence-corrected chi connectivity index (χ1v) is 8.73. The predicted octanol–water partition coefficient (Wildman–Crippen LogP) is 2.41. The molecule has 1 aromatic carbocycles. The molecule has 1 aliphatic heterocycles. The summed E-state index contributed by atoms with van der Waals surface area (Å²) >= 11 is 0. The second-order valence-electron chi connectivity index (χ2n) is 5.95. The largest absolute Gasteiger partial charge is 0.357 e. The zero-order valence-corrected chi connectivity index (χ0v) is 14.3. The Bertz CT molecular complexity index is 486. The van der Waals surface area contributed by atoms with Gasteiger partial charge in [-0.1, -0.05) is 19.1 Å². The highest BCUT2D eigenvalue weighted by atomic mass is 19.1. The summed E-state index contributed by atoms with van der Waals surface area (Å²) < 4.78 is 12.9. The van der Waals surface area contributed by atoms with E-state index < -0.39 is 0 Å². The SMILES string of the molecule is CCNC(=NCC1CCCN1CC)NCCc1ccc(F)cc1. The highest BCUT2D eigenvalue weighted by molar-refractivity contribution is 5.79. The topological polar surface area (TPSA) is 39.7 Å². The van der Waals surface area contributed by atoms with Crippen LogP contribution in [0, 0.1) is 5.82 Å². The molecule has 1 atom stereocenters. The first-order chi connectivity index (χ1) is 11.2. The van der Waals surface area contributed by atoms with Gasteiger partial charge in [0.25, 0.3) is 0 Å². The zero-order valence-electron chi connectivity index (χ0n) is 14.3. The first-order valence-electron chi connectivity index (χ1n) is 8.73. The van der Waals surface area contributed by atoms with Crippen molar-refractivity contribution in [2.75, 3.05) is 32.7 Å². The molecule has 1 heterocycles. The van der Waals surface area contributed by atoms with Crippen LogP contribution >= 0.6 is 0 Å². The lowest BCUT2D eigenvalue weighted by Crippen LogP contribution is -2.40. The Morgan fingerprint density at radius 1 is 1.26 bits per heavy atom. The number of rotatable bonds is 7. The lowest BCUT2D eigenvalue weighted by molar-refractivity contribution is 0.273. The molecule has 0 amide bonds. The molecule has 128 valence electrons. The molecule has 0 aromatic heterocycles. The second kappa shape index (κ2) is 9.50. The Hall–Kier alpha value is -1.62. The Morgan fingerprint density at radius 3 is 2.74 bits per heavy atom. The van der Waals surface area contributed by atoms with E-state index in [9.17, 15) is 4.39 Å². The van der Waals surface area contributed by atoms with E-state index in [1.807, 2.05) is 12.1 Å². The summed E-state index contributed by atoms with van der Waals surface area (Å²) in [6.45, 7) is 9.09. The van der Waals surface area contributed by atoms with E-state index in [2.05, 4.69) is 29.4 Å². The van der Waals surface area contributed by atoms with Gasteiger partial charge in [-0.3, -0.25) is 9.89 Å². The van der Waals surface area contributed by atoms with Crippen LogP contribution in [0.1, 0.15) is 32.3 Å². The minimum absolute atomic E-state index is 0.186. The van der Waals surface area contributed by atoms with Crippen LogP contribution in [0.3, 0.4) is 0 Å². The third kappa shape index (κ3) is 5.82. The molecule has 1 aromatic rings.